The van der Waals surface area contributed by atoms with E-state index < -0.39 is 4.92 Å². The Hall–Kier alpha value is -1.95. The van der Waals surface area contributed by atoms with Crippen molar-refractivity contribution in [2.24, 2.45) is 5.73 Å². The van der Waals surface area contributed by atoms with Gasteiger partial charge in [0.25, 0.3) is 5.69 Å². The number of carbonyl (C=O) groups excluding carboxylic acids is 1. The lowest BCUT2D eigenvalue weighted by Gasteiger charge is -2.22. The first-order valence-electron chi connectivity index (χ1n) is 5.26. The largest absolute Gasteiger partial charge is 0.337 e. The SMILES string of the molecule is CN1C(=O)CC(N)C1c1cccc([N+](=O)[O-])c1. The van der Waals surface area contributed by atoms with E-state index in [4.69, 9.17) is 5.73 Å². The van der Waals surface area contributed by atoms with Gasteiger partial charge in [0, 0.05) is 31.6 Å². The average Bonchev–Trinajstić information content (AvgIpc) is 2.53. The van der Waals surface area contributed by atoms with Crippen molar-refractivity contribution in [1.82, 2.24) is 4.90 Å². The van der Waals surface area contributed by atoms with Crippen LogP contribution in [0.1, 0.15) is 18.0 Å². The van der Waals surface area contributed by atoms with Crippen molar-refractivity contribution in [2.45, 2.75) is 18.5 Å². The molecule has 1 fully saturated rings. The molecule has 1 aliphatic rings. The maximum absolute atomic E-state index is 11.5. The highest BCUT2D eigenvalue weighted by atomic mass is 16.6. The van der Waals surface area contributed by atoms with Gasteiger partial charge < -0.3 is 10.6 Å². The number of likely N-dealkylation sites (tertiary alicyclic amines) is 1. The number of hydrogen-bond acceptors (Lipinski definition) is 4. The molecule has 0 bridgehead atoms. The van der Waals surface area contributed by atoms with Crippen molar-refractivity contribution in [2.75, 3.05) is 7.05 Å². The minimum absolute atomic E-state index is 0.0162. The highest BCUT2D eigenvalue weighted by Crippen LogP contribution is 2.31. The molecular formula is C11H13N3O3. The molecule has 1 aliphatic heterocycles. The van der Waals surface area contributed by atoms with Crippen LogP contribution in [0.15, 0.2) is 24.3 Å². The molecule has 2 atom stereocenters. The Kier molecular flexibility index (Phi) is 2.81. The summed E-state index contributed by atoms with van der Waals surface area (Å²) in [5, 5.41) is 10.7. The number of rotatable bonds is 2. The van der Waals surface area contributed by atoms with Gasteiger partial charge in [0.1, 0.15) is 0 Å². The minimum Gasteiger partial charge on any atom is -0.337 e. The number of likely N-dealkylation sites (N-methyl/N-ethyl adjacent to an activating group) is 1. The number of nitrogens with two attached hydrogens (primary N) is 1. The van der Waals surface area contributed by atoms with Crippen LogP contribution < -0.4 is 5.73 Å². The molecule has 1 saturated heterocycles. The standard InChI is InChI=1S/C11H13N3O3/c1-13-10(15)6-9(12)11(13)7-3-2-4-8(5-7)14(16)17/h2-5,9,11H,6,12H2,1H3. The Morgan fingerprint density at radius 1 is 1.53 bits per heavy atom. The summed E-state index contributed by atoms with van der Waals surface area (Å²) >= 11 is 0. The molecule has 2 rings (SSSR count). The zero-order valence-corrected chi connectivity index (χ0v) is 9.37. The van der Waals surface area contributed by atoms with Gasteiger partial charge in [-0.25, -0.2) is 0 Å². The fraction of sp³-hybridized carbons (Fsp3) is 0.364. The van der Waals surface area contributed by atoms with Crippen LogP contribution in [-0.4, -0.2) is 28.8 Å². The smallest absolute Gasteiger partial charge is 0.269 e. The van der Waals surface area contributed by atoms with Gasteiger partial charge in [0.15, 0.2) is 0 Å². The second kappa shape index (κ2) is 4.14. The summed E-state index contributed by atoms with van der Waals surface area (Å²) in [4.78, 5) is 23.3. The second-order valence-corrected chi connectivity index (χ2v) is 4.17. The maximum atomic E-state index is 11.5. The molecule has 0 saturated carbocycles. The van der Waals surface area contributed by atoms with Gasteiger partial charge in [-0.15, -0.1) is 0 Å². The predicted octanol–water partition coefficient (Wildman–Crippen LogP) is 0.825. The number of non-ortho nitro benzene ring substituents is 1. The lowest BCUT2D eigenvalue weighted by atomic mass is 10.0. The Morgan fingerprint density at radius 3 is 2.76 bits per heavy atom. The molecule has 1 aromatic carbocycles. The first-order valence-corrected chi connectivity index (χ1v) is 5.26. The van der Waals surface area contributed by atoms with E-state index in [-0.39, 0.29) is 30.1 Å². The molecule has 1 aromatic rings. The summed E-state index contributed by atoms with van der Waals surface area (Å²) in [5.74, 6) is -0.0333. The van der Waals surface area contributed by atoms with Crippen molar-refractivity contribution in [3.05, 3.63) is 39.9 Å². The van der Waals surface area contributed by atoms with Crippen LogP contribution in [0, 0.1) is 10.1 Å². The predicted molar refractivity (Wildman–Crippen MR) is 61.2 cm³/mol. The zero-order valence-electron chi connectivity index (χ0n) is 9.37. The third-order valence-electron chi connectivity index (χ3n) is 3.05. The van der Waals surface area contributed by atoms with Crippen LogP contribution in [0.4, 0.5) is 5.69 Å². The average molecular weight is 235 g/mol. The normalized spacial score (nSPS) is 24.1. The molecule has 2 N–H and O–H groups in total. The first kappa shape index (κ1) is 11.5. The topological polar surface area (TPSA) is 89.5 Å². The lowest BCUT2D eigenvalue weighted by Crippen LogP contribution is -2.30. The van der Waals surface area contributed by atoms with E-state index in [1.54, 1.807) is 24.1 Å². The van der Waals surface area contributed by atoms with E-state index in [1.807, 2.05) is 0 Å². The van der Waals surface area contributed by atoms with Crippen molar-refractivity contribution >= 4 is 11.6 Å². The number of nitro groups is 1. The first-order chi connectivity index (χ1) is 8.00. The van der Waals surface area contributed by atoms with Crippen LogP contribution in [0.2, 0.25) is 0 Å². The molecule has 6 heteroatoms. The number of nitrogens with zero attached hydrogens (tertiary/aromatic N) is 2. The third-order valence-corrected chi connectivity index (χ3v) is 3.05. The molecule has 0 aliphatic carbocycles. The van der Waals surface area contributed by atoms with E-state index in [9.17, 15) is 14.9 Å². The summed E-state index contributed by atoms with van der Waals surface area (Å²) in [6.45, 7) is 0. The summed E-state index contributed by atoms with van der Waals surface area (Å²) in [6, 6.07) is 5.67. The van der Waals surface area contributed by atoms with Gasteiger partial charge >= 0.3 is 0 Å². The molecule has 17 heavy (non-hydrogen) atoms. The van der Waals surface area contributed by atoms with E-state index in [0.717, 1.165) is 0 Å². The van der Waals surface area contributed by atoms with Crippen LogP contribution >= 0.6 is 0 Å². The van der Waals surface area contributed by atoms with E-state index in [1.165, 1.54) is 12.1 Å². The molecule has 1 heterocycles. The van der Waals surface area contributed by atoms with E-state index in [2.05, 4.69) is 0 Å². The Balaban J connectivity index is 2.37. The van der Waals surface area contributed by atoms with Crippen LogP contribution in [0.5, 0.6) is 0 Å². The van der Waals surface area contributed by atoms with Crippen LogP contribution in [0.25, 0.3) is 0 Å². The second-order valence-electron chi connectivity index (χ2n) is 4.17. The lowest BCUT2D eigenvalue weighted by molar-refractivity contribution is -0.384. The van der Waals surface area contributed by atoms with Gasteiger partial charge in [-0.05, 0) is 5.56 Å². The van der Waals surface area contributed by atoms with E-state index >= 15 is 0 Å². The number of amides is 1. The van der Waals surface area contributed by atoms with Gasteiger partial charge in [0.05, 0.1) is 11.0 Å². The maximum Gasteiger partial charge on any atom is 0.269 e. The Bertz CT molecular complexity index is 475. The van der Waals surface area contributed by atoms with Gasteiger partial charge in [-0.1, -0.05) is 12.1 Å². The van der Waals surface area contributed by atoms with Gasteiger partial charge in [0.2, 0.25) is 5.91 Å². The number of nitro benzene ring substituents is 1. The molecule has 0 aromatic heterocycles. The molecule has 2 unspecified atom stereocenters. The molecular weight excluding hydrogens is 222 g/mol. The fourth-order valence-electron chi connectivity index (χ4n) is 2.19. The van der Waals surface area contributed by atoms with Crippen molar-refractivity contribution in [3.63, 3.8) is 0 Å². The third kappa shape index (κ3) is 1.99. The van der Waals surface area contributed by atoms with Crippen molar-refractivity contribution in [3.8, 4) is 0 Å². The van der Waals surface area contributed by atoms with Gasteiger partial charge in [-0.3, -0.25) is 14.9 Å². The summed E-state index contributed by atoms with van der Waals surface area (Å²) in [5.41, 5.74) is 6.61. The molecule has 0 spiro atoms. The zero-order chi connectivity index (χ0) is 12.6. The monoisotopic (exact) mass is 235 g/mol. The van der Waals surface area contributed by atoms with Crippen molar-refractivity contribution in [1.29, 1.82) is 0 Å². The van der Waals surface area contributed by atoms with E-state index in [0.29, 0.717) is 5.56 Å². The molecule has 6 nitrogen and oxygen atoms in total. The number of benzene rings is 1. The molecule has 90 valence electrons. The summed E-state index contributed by atoms with van der Waals surface area (Å²) < 4.78 is 0. The quantitative estimate of drug-likeness (QED) is 0.607. The van der Waals surface area contributed by atoms with Crippen molar-refractivity contribution < 1.29 is 9.72 Å². The molecule has 1 amide bonds. The molecule has 0 radical (unpaired) electrons. The fourth-order valence-corrected chi connectivity index (χ4v) is 2.19. The number of carbonyl (C=O) groups is 1. The van der Waals surface area contributed by atoms with Crippen LogP contribution in [-0.2, 0) is 4.79 Å². The highest BCUT2D eigenvalue weighted by molar-refractivity contribution is 5.80. The van der Waals surface area contributed by atoms with Gasteiger partial charge in [-0.2, -0.15) is 0 Å². The number of hydrogen-bond donors (Lipinski definition) is 1. The Morgan fingerprint density at radius 2 is 2.24 bits per heavy atom. The highest BCUT2D eigenvalue weighted by Gasteiger charge is 2.36. The Labute approximate surface area is 98.2 Å². The minimum atomic E-state index is -0.453. The summed E-state index contributed by atoms with van der Waals surface area (Å²) in [6.07, 6.45) is 0.282. The summed E-state index contributed by atoms with van der Waals surface area (Å²) in [7, 11) is 1.67. The van der Waals surface area contributed by atoms with Crippen LogP contribution in [0.3, 0.4) is 0 Å².